The van der Waals surface area contributed by atoms with Gasteiger partial charge in [-0.25, -0.2) is 4.39 Å². The van der Waals surface area contributed by atoms with E-state index >= 15 is 0 Å². The first kappa shape index (κ1) is 23.1. The number of halogens is 1. The third-order valence-corrected chi connectivity index (χ3v) is 5.71. The van der Waals surface area contributed by atoms with Crippen LogP contribution in [0, 0.1) is 5.82 Å². The lowest BCUT2D eigenvalue weighted by Gasteiger charge is -2.43. The predicted molar refractivity (Wildman–Crippen MR) is 108 cm³/mol. The average Bonchev–Trinajstić information content (AvgIpc) is 3.00. The fourth-order valence-corrected chi connectivity index (χ4v) is 4.16. The minimum atomic E-state index is -1.12. The molecule has 168 valence electrons. The van der Waals surface area contributed by atoms with Crippen molar-refractivity contribution in [1.29, 1.82) is 0 Å². The molecule has 1 aromatic rings. The number of hydrogen-bond acceptors (Lipinski definition) is 5. The fourth-order valence-electron chi connectivity index (χ4n) is 4.16. The van der Waals surface area contributed by atoms with Crippen LogP contribution in [0.2, 0.25) is 0 Å². The van der Waals surface area contributed by atoms with Crippen LogP contribution in [-0.2, 0) is 30.3 Å². The molecule has 7 nitrogen and oxygen atoms in total. The summed E-state index contributed by atoms with van der Waals surface area (Å²) in [5, 5.41) is 3.02. The molecule has 2 fully saturated rings. The molecule has 0 radical (unpaired) electrons. The summed E-state index contributed by atoms with van der Waals surface area (Å²) < 4.78 is 37.3. The maximum Gasteiger partial charge on any atom is 0.252 e. The first-order valence-electron chi connectivity index (χ1n) is 10.5. The Balaban J connectivity index is 1.81. The highest BCUT2D eigenvalue weighted by molar-refractivity contribution is 5.85. The van der Waals surface area contributed by atoms with Crippen LogP contribution in [0.4, 0.5) is 4.39 Å². The second-order valence-corrected chi connectivity index (χ2v) is 8.94. The van der Waals surface area contributed by atoms with Crippen LogP contribution >= 0.6 is 0 Å². The highest BCUT2D eigenvalue weighted by Gasteiger charge is 2.57. The van der Waals surface area contributed by atoms with Crippen LogP contribution in [0.3, 0.4) is 0 Å². The third kappa shape index (κ3) is 5.36. The molecule has 2 aliphatic rings. The topological polar surface area (TPSA) is 70.5 Å². The number of rotatable bonds is 8. The summed E-state index contributed by atoms with van der Waals surface area (Å²) in [6, 6.07) is 6.09. The number of hydrogen-bond donors (Lipinski definition) is 2. The number of fused-ring (bicyclic) bond motifs is 1. The number of amides is 1. The number of methoxy groups -OCH3 is 1. The molecule has 1 heterocycles. The van der Waals surface area contributed by atoms with Crippen molar-refractivity contribution in [3.8, 4) is 0 Å². The summed E-state index contributed by atoms with van der Waals surface area (Å²) >= 11 is 0. The molecule has 0 aromatic heterocycles. The van der Waals surface area contributed by atoms with E-state index in [-0.39, 0.29) is 36.6 Å². The molecule has 2 N–H and O–H groups in total. The lowest BCUT2D eigenvalue weighted by atomic mass is 9.78. The Morgan fingerprint density at radius 2 is 1.93 bits per heavy atom. The van der Waals surface area contributed by atoms with E-state index in [9.17, 15) is 9.18 Å². The van der Waals surface area contributed by atoms with Crippen LogP contribution in [-0.4, -0.2) is 69.9 Å². The van der Waals surface area contributed by atoms with Gasteiger partial charge in [0.25, 0.3) is 5.91 Å². The molecule has 1 saturated carbocycles. The molecule has 1 amide bonds. The van der Waals surface area contributed by atoms with E-state index in [0.717, 1.165) is 12.1 Å². The maximum atomic E-state index is 13.3. The maximum absolute atomic E-state index is 13.3. The standard InChI is InChI=1S/C22H33FN2O5/c1-21(2)29-18-13-22(12-17(27-5)19(18)30-21,20(26)24-10-11-25(3)4)28-14-15-6-8-16(23)9-7-15/h6-9,17-19H,10-14H2,1-5H3,(H,24,26)/p+1/t17-,18+,19-,22+/m0/s1. The third-order valence-electron chi connectivity index (χ3n) is 5.71. The second kappa shape index (κ2) is 9.28. The van der Waals surface area contributed by atoms with Gasteiger partial charge in [0.2, 0.25) is 0 Å². The first-order chi connectivity index (χ1) is 14.1. The van der Waals surface area contributed by atoms with E-state index in [1.165, 1.54) is 17.0 Å². The average molecular weight is 426 g/mol. The summed E-state index contributed by atoms with van der Waals surface area (Å²) in [7, 11) is 5.68. The van der Waals surface area contributed by atoms with Gasteiger partial charge in [-0.2, -0.15) is 0 Å². The van der Waals surface area contributed by atoms with Crippen molar-refractivity contribution in [1.82, 2.24) is 5.32 Å². The normalized spacial score (nSPS) is 30.3. The molecule has 0 bridgehead atoms. The molecule has 0 unspecified atom stereocenters. The van der Waals surface area contributed by atoms with E-state index in [1.54, 1.807) is 19.2 Å². The molecule has 1 saturated heterocycles. The number of carbonyl (C=O) groups is 1. The van der Waals surface area contributed by atoms with Gasteiger partial charge in [-0.1, -0.05) is 12.1 Å². The van der Waals surface area contributed by atoms with Gasteiger partial charge in [-0.3, -0.25) is 4.79 Å². The van der Waals surface area contributed by atoms with Crippen molar-refractivity contribution in [2.45, 2.75) is 63.0 Å². The molecular formula is C22H34FN2O5+. The van der Waals surface area contributed by atoms with Gasteiger partial charge in [-0.15, -0.1) is 0 Å². The van der Waals surface area contributed by atoms with Gasteiger partial charge in [0, 0.05) is 20.0 Å². The molecule has 1 aliphatic carbocycles. The van der Waals surface area contributed by atoms with Crippen molar-refractivity contribution >= 4 is 5.91 Å². The Bertz CT molecular complexity index is 727. The lowest BCUT2D eigenvalue weighted by molar-refractivity contribution is -0.856. The first-order valence-corrected chi connectivity index (χ1v) is 10.5. The van der Waals surface area contributed by atoms with Gasteiger partial charge in [0.1, 0.15) is 11.9 Å². The molecule has 4 atom stereocenters. The van der Waals surface area contributed by atoms with E-state index in [4.69, 9.17) is 18.9 Å². The molecule has 1 aromatic carbocycles. The second-order valence-electron chi connectivity index (χ2n) is 8.94. The zero-order valence-electron chi connectivity index (χ0n) is 18.5. The van der Waals surface area contributed by atoms with Crippen LogP contribution in [0.5, 0.6) is 0 Å². The number of ether oxygens (including phenoxy) is 4. The summed E-state index contributed by atoms with van der Waals surface area (Å²) in [6.45, 7) is 5.24. The monoisotopic (exact) mass is 425 g/mol. The minimum absolute atomic E-state index is 0.181. The van der Waals surface area contributed by atoms with Gasteiger partial charge >= 0.3 is 0 Å². The van der Waals surface area contributed by atoms with Crippen molar-refractivity contribution in [3.63, 3.8) is 0 Å². The van der Waals surface area contributed by atoms with Crippen LogP contribution in [0.25, 0.3) is 0 Å². The predicted octanol–water partition coefficient (Wildman–Crippen LogP) is 0.671. The van der Waals surface area contributed by atoms with Gasteiger partial charge in [0.15, 0.2) is 11.4 Å². The van der Waals surface area contributed by atoms with Crippen LogP contribution < -0.4 is 10.2 Å². The zero-order chi connectivity index (χ0) is 21.9. The van der Waals surface area contributed by atoms with E-state index in [0.29, 0.717) is 19.4 Å². The zero-order valence-corrected chi connectivity index (χ0v) is 18.5. The SMILES string of the molecule is CO[C@H]1C[C@](OCc2ccc(F)cc2)(C(=O)NCC[NH+](C)C)C[C@H]2OC(C)(C)O[C@@H]12. The van der Waals surface area contributed by atoms with E-state index < -0.39 is 11.4 Å². The summed E-state index contributed by atoms with van der Waals surface area (Å²) in [6.07, 6.45) is -0.206. The molecular weight excluding hydrogens is 391 g/mol. The van der Waals surface area contributed by atoms with Crippen molar-refractivity contribution < 1.29 is 33.0 Å². The van der Waals surface area contributed by atoms with E-state index in [2.05, 4.69) is 5.32 Å². The van der Waals surface area contributed by atoms with Crippen molar-refractivity contribution in [3.05, 3.63) is 35.6 Å². The minimum Gasteiger partial charge on any atom is -0.379 e. The van der Waals surface area contributed by atoms with Crippen molar-refractivity contribution in [2.75, 3.05) is 34.3 Å². The highest BCUT2D eigenvalue weighted by atomic mass is 19.1. The number of carbonyl (C=O) groups excluding carboxylic acids is 1. The molecule has 3 rings (SSSR count). The number of nitrogens with one attached hydrogen (secondary N) is 2. The molecule has 1 aliphatic heterocycles. The van der Waals surface area contributed by atoms with Gasteiger partial charge in [0.05, 0.1) is 46.0 Å². The summed E-state index contributed by atoms with van der Waals surface area (Å²) in [5.41, 5.74) is -0.330. The summed E-state index contributed by atoms with van der Waals surface area (Å²) in [4.78, 5) is 14.6. The lowest BCUT2D eigenvalue weighted by Crippen LogP contribution is -3.06. The largest absolute Gasteiger partial charge is 0.379 e. The van der Waals surface area contributed by atoms with Crippen LogP contribution in [0.1, 0.15) is 32.3 Å². The van der Waals surface area contributed by atoms with E-state index in [1.807, 2.05) is 27.9 Å². The van der Waals surface area contributed by atoms with Gasteiger partial charge < -0.3 is 29.2 Å². The Morgan fingerprint density at radius 1 is 1.23 bits per heavy atom. The summed E-state index contributed by atoms with van der Waals surface area (Å²) in [5.74, 6) is -1.24. The Labute approximate surface area is 177 Å². The number of likely N-dealkylation sites (N-methyl/N-ethyl adjacent to an activating group) is 1. The molecule has 8 heteroatoms. The Kier molecular flexibility index (Phi) is 7.14. The highest BCUT2D eigenvalue weighted by Crippen LogP contribution is 2.43. The Hall–Kier alpha value is -1.58. The van der Waals surface area contributed by atoms with Crippen LogP contribution in [0.15, 0.2) is 24.3 Å². The van der Waals surface area contributed by atoms with Gasteiger partial charge in [-0.05, 0) is 31.5 Å². The quantitative estimate of drug-likeness (QED) is 0.641. The molecule has 30 heavy (non-hydrogen) atoms. The van der Waals surface area contributed by atoms with Crippen molar-refractivity contribution in [2.24, 2.45) is 0 Å². The smallest absolute Gasteiger partial charge is 0.252 e. The fraction of sp³-hybridized carbons (Fsp3) is 0.682. The Morgan fingerprint density at radius 3 is 2.57 bits per heavy atom. The number of benzene rings is 1. The molecule has 0 spiro atoms. The number of quaternary nitrogens is 1.